The molecule has 0 bridgehead atoms. The Kier molecular flexibility index (Phi) is 4.20. The SMILES string of the molecule is COc1ccc(N2CCCC(CCN)C2)nc1. The number of ether oxygens (including phenoxy) is 1. The largest absolute Gasteiger partial charge is 0.495 e. The van der Waals surface area contributed by atoms with Crippen molar-refractivity contribution in [2.75, 3.05) is 31.6 Å². The van der Waals surface area contributed by atoms with Gasteiger partial charge in [0.2, 0.25) is 0 Å². The fraction of sp³-hybridized carbons (Fsp3) is 0.615. The molecule has 1 aliphatic rings. The van der Waals surface area contributed by atoms with Gasteiger partial charge in [-0.2, -0.15) is 0 Å². The van der Waals surface area contributed by atoms with Crippen LogP contribution in [0.2, 0.25) is 0 Å². The van der Waals surface area contributed by atoms with Crippen LogP contribution in [-0.2, 0) is 0 Å². The van der Waals surface area contributed by atoms with E-state index in [1.807, 2.05) is 12.1 Å². The number of aromatic nitrogens is 1. The Labute approximate surface area is 103 Å². The molecule has 2 N–H and O–H groups in total. The Morgan fingerprint density at radius 2 is 2.41 bits per heavy atom. The lowest BCUT2D eigenvalue weighted by atomic mass is 9.95. The molecular weight excluding hydrogens is 214 g/mol. The van der Waals surface area contributed by atoms with Crippen molar-refractivity contribution in [3.05, 3.63) is 18.3 Å². The van der Waals surface area contributed by atoms with E-state index in [1.54, 1.807) is 13.3 Å². The molecule has 0 aliphatic carbocycles. The highest BCUT2D eigenvalue weighted by atomic mass is 16.5. The Hall–Kier alpha value is -1.29. The zero-order chi connectivity index (χ0) is 12.1. The first kappa shape index (κ1) is 12.2. The van der Waals surface area contributed by atoms with E-state index in [4.69, 9.17) is 10.5 Å². The molecule has 4 nitrogen and oxygen atoms in total. The second-order valence-electron chi connectivity index (χ2n) is 4.59. The second-order valence-corrected chi connectivity index (χ2v) is 4.59. The van der Waals surface area contributed by atoms with Crippen LogP contribution in [0.25, 0.3) is 0 Å². The number of hydrogen-bond acceptors (Lipinski definition) is 4. The van der Waals surface area contributed by atoms with Gasteiger partial charge in [0.05, 0.1) is 13.3 Å². The summed E-state index contributed by atoms with van der Waals surface area (Å²) in [4.78, 5) is 6.79. The van der Waals surface area contributed by atoms with Gasteiger partial charge in [-0.25, -0.2) is 4.98 Å². The lowest BCUT2D eigenvalue weighted by molar-refractivity contribution is 0.393. The highest BCUT2D eigenvalue weighted by molar-refractivity contribution is 5.41. The number of rotatable bonds is 4. The van der Waals surface area contributed by atoms with Crippen LogP contribution in [0.3, 0.4) is 0 Å². The molecule has 1 aromatic rings. The summed E-state index contributed by atoms with van der Waals surface area (Å²) < 4.78 is 5.12. The quantitative estimate of drug-likeness (QED) is 0.862. The molecule has 2 rings (SSSR count). The van der Waals surface area contributed by atoms with Crippen LogP contribution >= 0.6 is 0 Å². The van der Waals surface area contributed by atoms with Gasteiger partial charge in [-0.3, -0.25) is 0 Å². The van der Waals surface area contributed by atoms with Crippen LogP contribution in [0, 0.1) is 5.92 Å². The second kappa shape index (κ2) is 5.87. The minimum Gasteiger partial charge on any atom is -0.495 e. The zero-order valence-corrected chi connectivity index (χ0v) is 10.4. The highest BCUT2D eigenvalue weighted by Crippen LogP contribution is 2.24. The van der Waals surface area contributed by atoms with Gasteiger partial charge in [0.1, 0.15) is 11.6 Å². The number of pyridine rings is 1. The maximum Gasteiger partial charge on any atom is 0.137 e. The first-order chi connectivity index (χ1) is 8.33. The van der Waals surface area contributed by atoms with Gasteiger partial charge in [-0.05, 0) is 43.9 Å². The summed E-state index contributed by atoms with van der Waals surface area (Å²) in [6.07, 6.45) is 5.43. The standard InChI is InChI=1S/C13H21N3O/c1-17-12-4-5-13(15-9-12)16-8-2-3-11(10-16)6-7-14/h4-5,9,11H,2-3,6-8,10,14H2,1H3. The van der Waals surface area contributed by atoms with Crippen molar-refractivity contribution in [1.82, 2.24) is 4.98 Å². The Balaban J connectivity index is 2.00. The molecule has 2 heterocycles. The molecule has 0 spiro atoms. The van der Waals surface area contributed by atoms with Crippen molar-refractivity contribution in [2.45, 2.75) is 19.3 Å². The maximum absolute atomic E-state index is 5.63. The Bertz CT molecular complexity index is 337. The summed E-state index contributed by atoms with van der Waals surface area (Å²) in [5.41, 5.74) is 5.63. The summed E-state index contributed by atoms with van der Waals surface area (Å²) in [6, 6.07) is 4.00. The third-order valence-corrected chi connectivity index (χ3v) is 3.37. The molecule has 17 heavy (non-hydrogen) atoms. The first-order valence-electron chi connectivity index (χ1n) is 6.28. The average Bonchev–Trinajstić information content (AvgIpc) is 2.40. The van der Waals surface area contributed by atoms with E-state index in [-0.39, 0.29) is 0 Å². The third-order valence-electron chi connectivity index (χ3n) is 3.37. The van der Waals surface area contributed by atoms with Gasteiger partial charge in [-0.15, -0.1) is 0 Å². The zero-order valence-electron chi connectivity index (χ0n) is 10.4. The molecule has 1 unspecified atom stereocenters. The lowest BCUT2D eigenvalue weighted by Crippen LogP contribution is -2.36. The van der Waals surface area contributed by atoms with Crippen molar-refractivity contribution >= 4 is 5.82 Å². The summed E-state index contributed by atoms with van der Waals surface area (Å²) in [5, 5.41) is 0. The molecule has 1 aliphatic heterocycles. The molecule has 0 aromatic carbocycles. The smallest absolute Gasteiger partial charge is 0.137 e. The van der Waals surface area contributed by atoms with E-state index in [9.17, 15) is 0 Å². The molecule has 1 fully saturated rings. The number of nitrogens with zero attached hydrogens (tertiary/aromatic N) is 2. The maximum atomic E-state index is 5.63. The fourth-order valence-corrected chi connectivity index (χ4v) is 2.42. The number of nitrogens with two attached hydrogens (primary N) is 1. The number of hydrogen-bond donors (Lipinski definition) is 1. The van der Waals surface area contributed by atoms with E-state index in [0.29, 0.717) is 0 Å². The van der Waals surface area contributed by atoms with Crippen LogP contribution in [0.1, 0.15) is 19.3 Å². The van der Waals surface area contributed by atoms with Crippen LogP contribution in [0.4, 0.5) is 5.82 Å². The van der Waals surface area contributed by atoms with E-state index >= 15 is 0 Å². The van der Waals surface area contributed by atoms with Gasteiger partial charge in [0.15, 0.2) is 0 Å². The molecule has 4 heteroatoms. The van der Waals surface area contributed by atoms with Crippen LogP contribution in [0.5, 0.6) is 5.75 Å². The summed E-state index contributed by atoms with van der Waals surface area (Å²) >= 11 is 0. The van der Waals surface area contributed by atoms with E-state index in [2.05, 4.69) is 9.88 Å². The number of anilines is 1. The molecule has 1 saturated heterocycles. The normalized spacial score (nSPS) is 20.4. The molecule has 1 atom stereocenters. The van der Waals surface area contributed by atoms with Gasteiger partial charge < -0.3 is 15.4 Å². The monoisotopic (exact) mass is 235 g/mol. The summed E-state index contributed by atoms with van der Waals surface area (Å²) in [5.74, 6) is 2.58. The number of methoxy groups -OCH3 is 1. The highest BCUT2D eigenvalue weighted by Gasteiger charge is 2.20. The molecule has 0 amide bonds. The molecule has 0 radical (unpaired) electrons. The van der Waals surface area contributed by atoms with Crippen LogP contribution in [0.15, 0.2) is 18.3 Å². The van der Waals surface area contributed by atoms with Gasteiger partial charge in [0, 0.05) is 13.1 Å². The van der Waals surface area contributed by atoms with E-state index < -0.39 is 0 Å². The first-order valence-corrected chi connectivity index (χ1v) is 6.28. The number of piperidine rings is 1. The van der Waals surface area contributed by atoms with Crippen molar-refractivity contribution < 1.29 is 4.74 Å². The molecule has 94 valence electrons. The minimum atomic E-state index is 0.720. The van der Waals surface area contributed by atoms with Gasteiger partial charge in [0.25, 0.3) is 0 Å². The Morgan fingerprint density at radius 1 is 1.53 bits per heavy atom. The van der Waals surface area contributed by atoms with E-state index in [1.165, 1.54) is 12.8 Å². The summed E-state index contributed by atoms with van der Waals surface area (Å²) in [7, 11) is 1.66. The van der Waals surface area contributed by atoms with Gasteiger partial charge >= 0.3 is 0 Å². The fourth-order valence-electron chi connectivity index (χ4n) is 2.42. The van der Waals surface area contributed by atoms with Crippen molar-refractivity contribution in [3.8, 4) is 5.75 Å². The van der Waals surface area contributed by atoms with Gasteiger partial charge in [-0.1, -0.05) is 0 Å². The summed E-state index contributed by atoms with van der Waals surface area (Å²) in [6.45, 7) is 2.96. The molecule has 0 saturated carbocycles. The molecular formula is C13H21N3O. The topological polar surface area (TPSA) is 51.4 Å². The lowest BCUT2D eigenvalue weighted by Gasteiger charge is -2.33. The van der Waals surface area contributed by atoms with Crippen molar-refractivity contribution in [2.24, 2.45) is 11.7 Å². The van der Waals surface area contributed by atoms with E-state index in [0.717, 1.165) is 43.5 Å². The van der Waals surface area contributed by atoms with Crippen LogP contribution < -0.4 is 15.4 Å². The third kappa shape index (κ3) is 3.09. The van der Waals surface area contributed by atoms with Crippen molar-refractivity contribution in [1.29, 1.82) is 0 Å². The predicted octanol–water partition coefficient (Wildman–Crippen LogP) is 1.66. The minimum absolute atomic E-state index is 0.720. The van der Waals surface area contributed by atoms with Crippen molar-refractivity contribution in [3.63, 3.8) is 0 Å². The predicted molar refractivity (Wildman–Crippen MR) is 69.4 cm³/mol. The molecule has 1 aromatic heterocycles. The van der Waals surface area contributed by atoms with Crippen LogP contribution in [-0.4, -0.2) is 31.7 Å². The Morgan fingerprint density at radius 3 is 3.06 bits per heavy atom. The average molecular weight is 235 g/mol.